The van der Waals surface area contributed by atoms with Crippen LogP contribution in [0.25, 0.3) is 93.2 Å². The van der Waals surface area contributed by atoms with E-state index in [1.807, 2.05) is 60.7 Å². The Morgan fingerprint density at radius 2 is 1.02 bits per heavy atom. The van der Waals surface area contributed by atoms with Crippen LogP contribution in [-0.4, -0.2) is 9.55 Å². The third kappa shape index (κ3) is 5.86. The lowest BCUT2D eigenvalue weighted by atomic mass is 10.1. The number of aromatic nitrogens is 2. The number of hydrogen-bond acceptors (Lipinski definition) is 2. The van der Waals surface area contributed by atoms with Crippen LogP contribution in [0.5, 0.6) is 0 Å². The molecular formula is C48H30BrF3N2O2. The molecule has 0 radical (unpaired) electrons. The fourth-order valence-corrected chi connectivity index (χ4v) is 8.04. The minimum atomic E-state index is -0.254. The number of nitrogens with zero attached hydrogens (tertiary/aromatic N) is 1. The minimum absolute atomic E-state index is 0. The molecule has 0 bridgehead atoms. The van der Waals surface area contributed by atoms with Crippen molar-refractivity contribution in [3.8, 4) is 5.69 Å². The molecule has 8 heteroatoms. The Bertz CT molecular complexity index is 3290. The van der Waals surface area contributed by atoms with Crippen LogP contribution >= 0.6 is 15.9 Å². The van der Waals surface area contributed by atoms with E-state index in [9.17, 15) is 8.78 Å². The van der Waals surface area contributed by atoms with E-state index in [0.29, 0.717) is 0 Å². The Morgan fingerprint density at radius 3 is 1.70 bits per heavy atom. The molecule has 8 aromatic carbocycles. The summed E-state index contributed by atoms with van der Waals surface area (Å²) in [6.07, 6.45) is 0. The van der Waals surface area contributed by atoms with Gasteiger partial charge in [0.1, 0.15) is 22.8 Å². The van der Waals surface area contributed by atoms with E-state index in [-0.39, 0.29) is 16.3 Å². The average molecular weight is 804 g/mol. The summed E-state index contributed by atoms with van der Waals surface area (Å²) in [6.45, 7) is 0. The molecule has 0 saturated heterocycles. The van der Waals surface area contributed by atoms with E-state index in [0.717, 1.165) is 76.1 Å². The first-order valence-electron chi connectivity index (χ1n) is 17.8. The normalized spacial score (nSPS) is 11.3. The first kappa shape index (κ1) is 35.0. The molecule has 4 heterocycles. The third-order valence-corrected chi connectivity index (χ3v) is 10.5. The predicted molar refractivity (Wildman–Crippen MR) is 228 cm³/mol. The highest BCUT2D eigenvalue weighted by Gasteiger charge is 2.19. The summed E-state index contributed by atoms with van der Waals surface area (Å²) in [5.74, 6) is -0.463. The summed E-state index contributed by atoms with van der Waals surface area (Å²) in [6, 6.07) is 54.3. The second kappa shape index (κ2) is 14.1. The SMILES string of the molecule is F.Fc1cccc(-n2c3ccccc3c3ccc4c5ccccc5oc4c32)c1.Fc1cccc(Br)c1.c1ccc2c(c1)[nH]c1c2ccc2c3ccccc3oc21. The minimum Gasteiger partial charge on any atom is -0.454 e. The van der Waals surface area contributed by atoms with Gasteiger partial charge in [-0.3, -0.25) is 4.70 Å². The molecule has 12 aromatic rings. The molecule has 0 saturated carbocycles. The van der Waals surface area contributed by atoms with Gasteiger partial charge in [0.25, 0.3) is 0 Å². The van der Waals surface area contributed by atoms with E-state index in [2.05, 4.69) is 92.2 Å². The standard InChI is InChI=1S/C24H14FNO.C18H11NO.C6H4BrF.FH/c25-15-6-5-7-16(14-15)26-21-10-3-1-8-17(21)19-12-13-20-18-9-2-4-11-22(18)27-24(20)23(19)26;1-3-7-15-11(5-1)13-9-10-14-12-6-2-4-8-16(12)20-18(14)17(13)19-15;7-5-2-1-3-6(8)4-5;/h1-14H;1-10,19H;1-4H;1H. The van der Waals surface area contributed by atoms with Crippen molar-refractivity contribution in [3.63, 3.8) is 0 Å². The third-order valence-electron chi connectivity index (χ3n) is 10.1. The lowest BCUT2D eigenvalue weighted by Crippen LogP contribution is -1.94. The van der Waals surface area contributed by atoms with E-state index < -0.39 is 0 Å². The molecule has 12 rings (SSSR count). The van der Waals surface area contributed by atoms with Crippen LogP contribution in [0, 0.1) is 11.6 Å². The van der Waals surface area contributed by atoms with Crippen molar-refractivity contribution in [1.29, 1.82) is 0 Å². The number of para-hydroxylation sites is 4. The Balaban J connectivity index is 0.000000124. The maximum Gasteiger partial charge on any atom is 0.160 e. The van der Waals surface area contributed by atoms with E-state index in [1.165, 1.54) is 39.7 Å². The van der Waals surface area contributed by atoms with E-state index in [4.69, 9.17) is 8.83 Å². The van der Waals surface area contributed by atoms with Gasteiger partial charge in [-0.25, -0.2) is 8.78 Å². The molecule has 1 N–H and O–H groups in total. The smallest absolute Gasteiger partial charge is 0.160 e. The molecule has 0 amide bonds. The van der Waals surface area contributed by atoms with Crippen LogP contribution in [0.15, 0.2) is 183 Å². The fraction of sp³-hybridized carbons (Fsp3) is 0. The zero-order valence-electron chi connectivity index (χ0n) is 29.5. The number of furan rings is 2. The zero-order valence-corrected chi connectivity index (χ0v) is 31.1. The molecule has 56 heavy (non-hydrogen) atoms. The van der Waals surface area contributed by atoms with Gasteiger partial charge in [-0.05, 0) is 72.8 Å². The highest BCUT2D eigenvalue weighted by molar-refractivity contribution is 9.10. The first-order chi connectivity index (χ1) is 27.0. The predicted octanol–water partition coefficient (Wildman–Crippen LogP) is 14.8. The number of nitrogens with one attached hydrogen (secondary N) is 1. The largest absolute Gasteiger partial charge is 0.454 e. The van der Waals surface area contributed by atoms with Gasteiger partial charge in [-0.15, -0.1) is 0 Å². The van der Waals surface area contributed by atoms with Crippen LogP contribution in [0.1, 0.15) is 0 Å². The first-order valence-corrected chi connectivity index (χ1v) is 18.6. The maximum atomic E-state index is 14.0. The topological polar surface area (TPSA) is 47.0 Å². The van der Waals surface area contributed by atoms with Crippen molar-refractivity contribution in [2.75, 3.05) is 0 Å². The highest BCUT2D eigenvalue weighted by Crippen LogP contribution is 2.40. The van der Waals surface area contributed by atoms with Gasteiger partial charge >= 0.3 is 0 Å². The van der Waals surface area contributed by atoms with Crippen molar-refractivity contribution in [2.45, 2.75) is 0 Å². The Morgan fingerprint density at radius 1 is 0.464 bits per heavy atom. The molecule has 0 unspecified atom stereocenters. The van der Waals surface area contributed by atoms with Crippen molar-refractivity contribution in [1.82, 2.24) is 9.55 Å². The summed E-state index contributed by atoms with van der Waals surface area (Å²) in [5, 5.41) is 9.17. The van der Waals surface area contributed by atoms with E-state index in [1.54, 1.807) is 24.3 Å². The molecule has 0 aliphatic heterocycles. The number of H-pyrrole nitrogens is 1. The van der Waals surface area contributed by atoms with Gasteiger partial charge in [0.05, 0.1) is 16.6 Å². The molecular weight excluding hydrogens is 773 g/mol. The van der Waals surface area contributed by atoms with Gasteiger partial charge in [-0.1, -0.05) is 113 Å². The number of aromatic amines is 1. The Hall–Kier alpha value is -6.77. The van der Waals surface area contributed by atoms with Crippen LogP contribution < -0.4 is 0 Å². The summed E-state index contributed by atoms with van der Waals surface area (Å²) in [4.78, 5) is 3.49. The number of hydrogen-bond donors (Lipinski definition) is 1. The van der Waals surface area contributed by atoms with E-state index >= 15 is 0 Å². The van der Waals surface area contributed by atoms with Gasteiger partial charge in [-0.2, -0.15) is 0 Å². The quantitative estimate of drug-likeness (QED) is 0.180. The molecule has 0 aliphatic carbocycles. The maximum absolute atomic E-state index is 14.0. The van der Waals surface area contributed by atoms with Gasteiger partial charge in [0, 0.05) is 58.8 Å². The second-order valence-electron chi connectivity index (χ2n) is 13.3. The number of rotatable bonds is 1. The molecule has 0 spiro atoms. The van der Waals surface area contributed by atoms with Crippen molar-refractivity contribution in [3.05, 3.63) is 186 Å². The molecule has 0 atom stereocenters. The monoisotopic (exact) mass is 802 g/mol. The van der Waals surface area contributed by atoms with Crippen molar-refractivity contribution < 1.29 is 22.3 Å². The Labute approximate surface area is 325 Å². The molecule has 0 aliphatic rings. The van der Waals surface area contributed by atoms with Crippen LogP contribution in [0.2, 0.25) is 0 Å². The number of benzene rings is 8. The lowest BCUT2D eigenvalue weighted by molar-refractivity contribution is 0.626. The van der Waals surface area contributed by atoms with Crippen LogP contribution in [0.4, 0.5) is 13.5 Å². The summed E-state index contributed by atoms with van der Waals surface area (Å²) in [7, 11) is 0. The highest BCUT2D eigenvalue weighted by atomic mass is 79.9. The van der Waals surface area contributed by atoms with Crippen LogP contribution in [0.3, 0.4) is 0 Å². The van der Waals surface area contributed by atoms with Gasteiger partial charge < -0.3 is 18.4 Å². The lowest BCUT2D eigenvalue weighted by Gasteiger charge is -2.08. The average Bonchev–Trinajstić information content (AvgIpc) is 3.97. The van der Waals surface area contributed by atoms with Gasteiger partial charge in [0.15, 0.2) is 11.2 Å². The van der Waals surface area contributed by atoms with Crippen molar-refractivity contribution >= 4 is 103 Å². The number of halogens is 4. The molecule has 4 aromatic heterocycles. The zero-order chi connectivity index (χ0) is 37.0. The summed E-state index contributed by atoms with van der Waals surface area (Å²) in [5.41, 5.74) is 8.59. The van der Waals surface area contributed by atoms with Crippen molar-refractivity contribution in [2.24, 2.45) is 0 Å². The summed E-state index contributed by atoms with van der Waals surface area (Å²) < 4.78 is 41.3. The molecule has 272 valence electrons. The molecule has 4 nitrogen and oxygen atoms in total. The second-order valence-corrected chi connectivity index (χ2v) is 14.3. The number of fused-ring (bicyclic) bond motifs is 14. The van der Waals surface area contributed by atoms with Crippen LogP contribution in [-0.2, 0) is 0 Å². The van der Waals surface area contributed by atoms with Gasteiger partial charge in [0.2, 0.25) is 0 Å². The Kier molecular flexibility index (Phi) is 8.83. The fourth-order valence-electron chi connectivity index (χ4n) is 7.67. The summed E-state index contributed by atoms with van der Waals surface area (Å²) >= 11 is 3.12. The molecule has 0 fully saturated rings.